The van der Waals surface area contributed by atoms with E-state index in [1.54, 1.807) is 7.05 Å². The molecule has 5 heteroatoms. The van der Waals surface area contributed by atoms with Gasteiger partial charge >= 0.3 is 5.97 Å². The Kier molecular flexibility index (Phi) is 12.4. The summed E-state index contributed by atoms with van der Waals surface area (Å²) >= 11 is 0. The van der Waals surface area contributed by atoms with Crippen molar-refractivity contribution in [1.82, 2.24) is 0 Å². The van der Waals surface area contributed by atoms with Gasteiger partial charge in [-0.15, -0.1) is 0 Å². The largest absolute Gasteiger partial charge is 0.481 e. The normalized spacial score (nSPS) is 16.7. The molecular weight excluding hydrogens is 294 g/mol. The summed E-state index contributed by atoms with van der Waals surface area (Å²) in [5.74, 6) is -1.72. The summed E-state index contributed by atoms with van der Waals surface area (Å²) in [5.41, 5.74) is 0. The van der Waals surface area contributed by atoms with Crippen LogP contribution in [0.3, 0.4) is 0 Å². The number of carboxylic acid groups (broad SMARTS) is 1. The number of quaternary nitrogens is 1. The Morgan fingerprint density at radius 2 is 1.43 bits per heavy atom. The summed E-state index contributed by atoms with van der Waals surface area (Å²) in [6, 6.07) is 0. The van der Waals surface area contributed by atoms with Crippen molar-refractivity contribution in [2.75, 3.05) is 20.1 Å². The fourth-order valence-electron chi connectivity index (χ4n) is 2.75. The molecule has 0 fully saturated rings. The summed E-state index contributed by atoms with van der Waals surface area (Å²) in [6.45, 7) is 5.02. The van der Waals surface area contributed by atoms with E-state index >= 15 is 0 Å². The fraction of sp³-hybridized carbons (Fsp3) is 0.944. The highest BCUT2D eigenvalue weighted by atomic mass is 16.5. The van der Waals surface area contributed by atoms with E-state index < -0.39 is 18.0 Å². The number of carbonyl (C=O) groups is 1. The minimum Gasteiger partial charge on any atom is -0.481 e. The van der Waals surface area contributed by atoms with E-state index in [1.807, 2.05) is 0 Å². The summed E-state index contributed by atoms with van der Waals surface area (Å²) in [7, 11) is 1.79. The SMILES string of the molecule is CCCCCCCCCC[N+](C)(O)CCCC(O)C(C)C(=O)O. The zero-order valence-corrected chi connectivity index (χ0v) is 15.3. The molecule has 0 saturated heterocycles. The number of carboxylic acids is 1. The molecule has 0 rings (SSSR count). The molecule has 0 spiro atoms. The van der Waals surface area contributed by atoms with E-state index in [4.69, 9.17) is 5.11 Å². The number of hydroxylamine groups is 3. The highest BCUT2D eigenvalue weighted by Gasteiger charge is 2.23. The quantitative estimate of drug-likeness (QED) is 0.242. The third kappa shape index (κ3) is 12.4. The van der Waals surface area contributed by atoms with Crippen LogP contribution in [0.25, 0.3) is 0 Å². The summed E-state index contributed by atoms with van der Waals surface area (Å²) < 4.78 is -0.0377. The Labute approximate surface area is 141 Å². The summed E-state index contributed by atoms with van der Waals surface area (Å²) in [6.07, 6.45) is 10.2. The van der Waals surface area contributed by atoms with Gasteiger partial charge in [0, 0.05) is 6.42 Å². The maximum atomic E-state index is 10.8. The second-order valence-electron chi connectivity index (χ2n) is 7.10. The van der Waals surface area contributed by atoms with Gasteiger partial charge in [-0.05, 0) is 26.2 Å². The first-order chi connectivity index (χ1) is 10.8. The van der Waals surface area contributed by atoms with Crippen molar-refractivity contribution in [3.63, 3.8) is 0 Å². The minimum atomic E-state index is -0.974. The first-order valence-electron chi connectivity index (χ1n) is 9.28. The van der Waals surface area contributed by atoms with Crippen molar-refractivity contribution >= 4 is 5.97 Å². The molecule has 3 N–H and O–H groups in total. The molecule has 0 aliphatic carbocycles. The molecule has 0 heterocycles. The second kappa shape index (κ2) is 12.7. The molecule has 0 aromatic carbocycles. The maximum absolute atomic E-state index is 10.8. The number of hydrogen-bond donors (Lipinski definition) is 3. The van der Waals surface area contributed by atoms with Gasteiger partial charge in [-0.2, -0.15) is 4.65 Å². The predicted octanol–water partition coefficient (Wildman–Crippen LogP) is 3.82. The number of aliphatic hydroxyl groups excluding tert-OH is 1. The lowest BCUT2D eigenvalue weighted by Gasteiger charge is -2.26. The molecule has 138 valence electrons. The van der Waals surface area contributed by atoms with Gasteiger partial charge in [-0.25, -0.2) is 5.21 Å². The van der Waals surface area contributed by atoms with Crippen molar-refractivity contribution in [3.8, 4) is 0 Å². The van der Waals surface area contributed by atoms with Crippen molar-refractivity contribution < 1.29 is 24.9 Å². The Morgan fingerprint density at radius 3 is 1.96 bits per heavy atom. The molecule has 0 amide bonds. The average molecular weight is 333 g/mol. The smallest absolute Gasteiger partial charge is 0.308 e. The molecule has 3 unspecified atom stereocenters. The first-order valence-corrected chi connectivity index (χ1v) is 9.28. The van der Waals surface area contributed by atoms with Gasteiger partial charge in [0.15, 0.2) is 0 Å². The Hall–Kier alpha value is -0.650. The van der Waals surface area contributed by atoms with E-state index in [2.05, 4.69) is 6.92 Å². The highest BCUT2D eigenvalue weighted by Crippen LogP contribution is 2.13. The summed E-state index contributed by atoms with van der Waals surface area (Å²) in [4.78, 5) is 10.8. The second-order valence-corrected chi connectivity index (χ2v) is 7.10. The average Bonchev–Trinajstić information content (AvgIpc) is 2.48. The summed E-state index contributed by atoms with van der Waals surface area (Å²) in [5, 5.41) is 28.9. The van der Waals surface area contributed by atoms with Gasteiger partial charge < -0.3 is 10.2 Å². The van der Waals surface area contributed by atoms with Crippen LogP contribution in [0.5, 0.6) is 0 Å². The predicted molar refractivity (Wildman–Crippen MR) is 92.4 cm³/mol. The van der Waals surface area contributed by atoms with Crippen LogP contribution in [0, 0.1) is 5.92 Å². The number of aliphatic hydroxyl groups is 1. The van der Waals surface area contributed by atoms with Crippen LogP contribution >= 0.6 is 0 Å². The molecule has 0 saturated carbocycles. The van der Waals surface area contributed by atoms with Gasteiger partial charge in [0.1, 0.15) is 13.1 Å². The molecule has 0 bridgehead atoms. The van der Waals surface area contributed by atoms with Gasteiger partial charge in [-0.1, -0.05) is 45.4 Å². The van der Waals surface area contributed by atoms with Gasteiger partial charge in [0.05, 0.1) is 19.1 Å². The lowest BCUT2D eigenvalue weighted by molar-refractivity contribution is -1.09. The Bertz CT molecular complexity index is 307. The standard InChI is InChI=1S/C18H37NO4/c1-4-5-6-7-8-9-10-11-14-19(3,23)15-12-13-17(20)16(2)18(21)22/h16-17,20,23H,4-15H2,1-3H3/p+1. The molecule has 5 nitrogen and oxygen atoms in total. The molecule has 0 aromatic heterocycles. The molecule has 23 heavy (non-hydrogen) atoms. The zero-order chi connectivity index (χ0) is 17.7. The van der Waals surface area contributed by atoms with Crippen molar-refractivity contribution in [3.05, 3.63) is 0 Å². The van der Waals surface area contributed by atoms with Gasteiger partial charge in [0.25, 0.3) is 0 Å². The van der Waals surface area contributed by atoms with Crippen LogP contribution in [-0.2, 0) is 4.79 Å². The van der Waals surface area contributed by atoms with Crippen molar-refractivity contribution in [2.24, 2.45) is 5.92 Å². The van der Waals surface area contributed by atoms with E-state index in [1.165, 1.54) is 45.4 Å². The number of nitrogens with zero attached hydrogens (tertiary/aromatic N) is 1. The number of aliphatic carboxylic acids is 1. The van der Waals surface area contributed by atoms with Crippen molar-refractivity contribution in [1.29, 1.82) is 0 Å². The fourth-order valence-corrected chi connectivity index (χ4v) is 2.75. The van der Waals surface area contributed by atoms with Gasteiger partial charge in [0.2, 0.25) is 0 Å². The Morgan fingerprint density at radius 1 is 0.957 bits per heavy atom. The van der Waals surface area contributed by atoms with E-state index in [0.29, 0.717) is 19.4 Å². The number of hydrogen-bond acceptors (Lipinski definition) is 3. The number of unbranched alkanes of at least 4 members (excludes halogenated alkanes) is 7. The minimum absolute atomic E-state index is 0.0377. The maximum Gasteiger partial charge on any atom is 0.308 e. The third-order valence-electron chi connectivity index (χ3n) is 4.60. The first kappa shape index (κ1) is 22.4. The van der Waals surface area contributed by atoms with Gasteiger partial charge in [-0.3, -0.25) is 4.79 Å². The molecular formula is C18H38NO4+. The van der Waals surface area contributed by atoms with E-state index in [0.717, 1.165) is 19.4 Å². The monoisotopic (exact) mass is 332 g/mol. The topological polar surface area (TPSA) is 77.8 Å². The lowest BCUT2D eigenvalue weighted by atomic mass is 10.0. The van der Waals surface area contributed by atoms with E-state index in [9.17, 15) is 15.1 Å². The molecule has 0 aliphatic rings. The van der Waals surface area contributed by atoms with E-state index in [-0.39, 0.29) is 4.65 Å². The Balaban J connectivity index is 3.66. The number of rotatable bonds is 15. The van der Waals surface area contributed by atoms with Crippen LogP contribution in [0.15, 0.2) is 0 Å². The molecule has 3 atom stereocenters. The van der Waals surface area contributed by atoms with Crippen molar-refractivity contribution in [2.45, 2.75) is 84.2 Å². The highest BCUT2D eigenvalue weighted by molar-refractivity contribution is 5.70. The lowest BCUT2D eigenvalue weighted by Crippen LogP contribution is -2.42. The van der Waals surface area contributed by atoms with Crippen LogP contribution in [0.1, 0.15) is 78.1 Å². The molecule has 0 aromatic rings. The van der Waals surface area contributed by atoms with Crippen LogP contribution in [0.4, 0.5) is 0 Å². The van der Waals surface area contributed by atoms with Crippen LogP contribution in [0.2, 0.25) is 0 Å². The van der Waals surface area contributed by atoms with Crippen LogP contribution in [-0.4, -0.2) is 52.3 Å². The molecule has 0 aliphatic heterocycles. The molecule has 0 radical (unpaired) electrons. The third-order valence-corrected chi connectivity index (χ3v) is 4.60. The zero-order valence-electron chi connectivity index (χ0n) is 15.3. The van der Waals surface area contributed by atoms with Crippen LogP contribution < -0.4 is 0 Å².